The summed E-state index contributed by atoms with van der Waals surface area (Å²) in [5, 5.41) is 28.9. The molecule has 0 spiro atoms. The molecule has 1 aromatic heterocycles. The molecule has 0 unspecified atom stereocenters. The van der Waals surface area contributed by atoms with E-state index < -0.39 is 11.5 Å². The second kappa shape index (κ2) is 10.9. The summed E-state index contributed by atoms with van der Waals surface area (Å²) < 4.78 is 1.72. The lowest BCUT2D eigenvalue weighted by Crippen LogP contribution is -2.44. The molecule has 2 amide bonds. The zero-order chi connectivity index (χ0) is 26.7. The highest BCUT2D eigenvalue weighted by atomic mass is 16.3. The Kier molecular flexibility index (Phi) is 7.40. The van der Waals surface area contributed by atoms with Gasteiger partial charge in [-0.15, -0.1) is 5.10 Å². The Balaban J connectivity index is 1.28. The third kappa shape index (κ3) is 4.87. The molecule has 3 aromatic rings. The highest BCUT2D eigenvalue weighted by Gasteiger charge is 2.52. The van der Waals surface area contributed by atoms with Gasteiger partial charge in [0.15, 0.2) is 5.60 Å². The summed E-state index contributed by atoms with van der Waals surface area (Å²) in [4.78, 5) is 29.2. The number of aliphatic hydroxyl groups excluding tert-OH is 1. The number of nitrogens with zero attached hydrogens (tertiary/aromatic N) is 5. The lowest BCUT2D eigenvalue weighted by molar-refractivity contribution is -0.139. The maximum atomic E-state index is 13.7. The Morgan fingerprint density at radius 1 is 1.13 bits per heavy atom. The number of aryl methyl sites for hydroxylation is 1. The molecule has 198 valence electrons. The number of carbonyl (C=O) groups is 2. The predicted molar refractivity (Wildman–Crippen MR) is 143 cm³/mol. The molecule has 2 aliphatic heterocycles. The van der Waals surface area contributed by atoms with Gasteiger partial charge in [-0.3, -0.25) is 14.3 Å². The van der Waals surface area contributed by atoms with Gasteiger partial charge >= 0.3 is 0 Å². The number of carbonyl (C=O) groups excluding carboxylic acids is 2. The first-order valence-corrected chi connectivity index (χ1v) is 13.1. The summed E-state index contributed by atoms with van der Waals surface area (Å²) in [6.45, 7) is 3.55. The number of hydrogen-bond acceptors (Lipinski definition) is 6. The molecule has 1 saturated heterocycles. The van der Waals surface area contributed by atoms with E-state index in [9.17, 15) is 14.7 Å². The molecular formula is C29H33N5O4. The van der Waals surface area contributed by atoms with Crippen molar-refractivity contribution in [2.75, 3.05) is 23.0 Å². The number of aromatic nitrogens is 3. The van der Waals surface area contributed by atoms with E-state index in [0.29, 0.717) is 43.6 Å². The zero-order valence-electron chi connectivity index (χ0n) is 21.5. The van der Waals surface area contributed by atoms with E-state index in [4.69, 9.17) is 5.11 Å². The number of benzene rings is 2. The molecular weight excluding hydrogens is 482 g/mol. The number of anilines is 2. The van der Waals surface area contributed by atoms with Crippen LogP contribution in [0.2, 0.25) is 0 Å². The van der Waals surface area contributed by atoms with E-state index in [1.165, 1.54) is 0 Å². The first kappa shape index (κ1) is 25.8. The van der Waals surface area contributed by atoms with Gasteiger partial charge < -0.3 is 20.0 Å². The summed E-state index contributed by atoms with van der Waals surface area (Å²) in [6, 6.07) is 15.1. The minimum Gasteiger partial charge on any atom is -0.396 e. The lowest BCUT2D eigenvalue weighted by Gasteiger charge is -2.27. The van der Waals surface area contributed by atoms with Gasteiger partial charge in [0.1, 0.15) is 0 Å². The Morgan fingerprint density at radius 2 is 1.92 bits per heavy atom. The second-order valence-electron chi connectivity index (χ2n) is 9.94. The van der Waals surface area contributed by atoms with Gasteiger partial charge in [0.05, 0.1) is 17.9 Å². The maximum Gasteiger partial charge on any atom is 0.264 e. The van der Waals surface area contributed by atoms with Crippen molar-refractivity contribution < 1.29 is 19.8 Å². The second-order valence-corrected chi connectivity index (χ2v) is 9.94. The third-order valence-electron chi connectivity index (χ3n) is 7.40. The van der Waals surface area contributed by atoms with E-state index >= 15 is 0 Å². The smallest absolute Gasteiger partial charge is 0.264 e. The minimum atomic E-state index is -1.67. The van der Waals surface area contributed by atoms with E-state index in [-0.39, 0.29) is 18.4 Å². The van der Waals surface area contributed by atoms with Crippen molar-refractivity contribution in [2.45, 2.75) is 51.3 Å². The normalized spacial score (nSPS) is 20.1. The molecule has 2 N–H and O–H groups in total. The molecule has 9 nitrogen and oxygen atoms in total. The average Bonchev–Trinajstić information content (AvgIpc) is 3.62. The molecule has 3 heterocycles. The quantitative estimate of drug-likeness (QED) is 0.402. The number of fused-ring (bicyclic) bond motifs is 1. The van der Waals surface area contributed by atoms with E-state index in [2.05, 4.69) is 10.3 Å². The summed E-state index contributed by atoms with van der Waals surface area (Å²) in [5.74, 6) is -0.661. The molecule has 2 atom stereocenters. The van der Waals surface area contributed by atoms with Gasteiger partial charge in [-0.05, 0) is 36.6 Å². The molecule has 0 bridgehead atoms. The van der Waals surface area contributed by atoms with Crippen molar-refractivity contribution in [2.24, 2.45) is 5.92 Å². The van der Waals surface area contributed by atoms with Crippen molar-refractivity contribution in [3.8, 4) is 0 Å². The van der Waals surface area contributed by atoms with Crippen molar-refractivity contribution in [1.29, 1.82) is 0 Å². The molecule has 2 aromatic carbocycles. The van der Waals surface area contributed by atoms with Crippen molar-refractivity contribution in [1.82, 2.24) is 15.0 Å². The molecule has 5 rings (SSSR count). The first-order chi connectivity index (χ1) is 18.4. The van der Waals surface area contributed by atoms with Crippen molar-refractivity contribution in [3.63, 3.8) is 0 Å². The van der Waals surface area contributed by atoms with Gasteiger partial charge in [-0.1, -0.05) is 54.6 Å². The molecule has 38 heavy (non-hydrogen) atoms. The molecule has 9 heteroatoms. The number of amides is 2. The molecule has 0 saturated carbocycles. The number of para-hydroxylation sites is 1. The highest BCUT2D eigenvalue weighted by molar-refractivity contribution is 6.07. The number of allylic oxidation sites excluding steroid dienone is 1. The minimum absolute atomic E-state index is 0.0339. The summed E-state index contributed by atoms with van der Waals surface area (Å²) in [6.07, 6.45) is 8.23. The van der Waals surface area contributed by atoms with Gasteiger partial charge in [0, 0.05) is 55.9 Å². The topological polar surface area (TPSA) is 112 Å². The lowest BCUT2D eigenvalue weighted by atomic mass is 9.83. The fourth-order valence-corrected chi connectivity index (χ4v) is 5.27. The Hall–Kier alpha value is -3.82. The van der Waals surface area contributed by atoms with Gasteiger partial charge in [-0.25, -0.2) is 0 Å². The van der Waals surface area contributed by atoms with Crippen molar-refractivity contribution in [3.05, 3.63) is 83.7 Å². The molecule has 1 fully saturated rings. The van der Waals surface area contributed by atoms with Crippen LogP contribution in [-0.2, 0) is 34.7 Å². The summed E-state index contributed by atoms with van der Waals surface area (Å²) in [7, 11) is 0. The van der Waals surface area contributed by atoms with Gasteiger partial charge in [0.2, 0.25) is 5.91 Å². The average molecular weight is 516 g/mol. The van der Waals surface area contributed by atoms with Crippen LogP contribution in [0.25, 0.3) is 0 Å². The van der Waals surface area contributed by atoms with E-state index in [1.54, 1.807) is 14.5 Å². The van der Waals surface area contributed by atoms with Crippen LogP contribution in [0.4, 0.5) is 11.4 Å². The van der Waals surface area contributed by atoms with Gasteiger partial charge in [-0.2, -0.15) is 0 Å². The largest absolute Gasteiger partial charge is 0.396 e. The number of aliphatic hydroxyl groups is 2. The Labute approximate surface area is 222 Å². The van der Waals surface area contributed by atoms with Crippen LogP contribution in [-0.4, -0.2) is 50.2 Å². The SMILES string of the molecule is C[C@@H](/C=C/CCn1cc(CCO)nn1)[C@]1(O)C(=O)N(Cc2ccc(N3CCCC3=O)cc2)c2ccccc21. The fraction of sp³-hybridized carbons (Fsp3) is 0.379. The Bertz CT molecular complexity index is 1330. The third-order valence-corrected chi connectivity index (χ3v) is 7.40. The predicted octanol–water partition coefficient (Wildman–Crippen LogP) is 2.96. The number of rotatable bonds is 10. The molecule has 0 radical (unpaired) electrons. The van der Waals surface area contributed by atoms with Crippen molar-refractivity contribution >= 4 is 23.2 Å². The van der Waals surface area contributed by atoms with Crippen LogP contribution >= 0.6 is 0 Å². The fourth-order valence-electron chi connectivity index (χ4n) is 5.27. The maximum absolute atomic E-state index is 13.7. The van der Waals surface area contributed by atoms with E-state index in [1.807, 2.05) is 73.8 Å². The zero-order valence-corrected chi connectivity index (χ0v) is 21.5. The molecule has 2 aliphatic rings. The van der Waals surface area contributed by atoms with E-state index in [0.717, 1.165) is 29.9 Å². The summed E-state index contributed by atoms with van der Waals surface area (Å²) >= 11 is 0. The van der Waals surface area contributed by atoms with Crippen LogP contribution in [0.15, 0.2) is 66.9 Å². The van der Waals surface area contributed by atoms with Crippen LogP contribution in [0.3, 0.4) is 0 Å². The van der Waals surface area contributed by atoms with Crippen LogP contribution < -0.4 is 9.80 Å². The summed E-state index contributed by atoms with van der Waals surface area (Å²) in [5.41, 5.74) is 2.17. The highest BCUT2D eigenvalue weighted by Crippen LogP contribution is 2.45. The van der Waals surface area contributed by atoms with Crippen LogP contribution in [0.1, 0.15) is 43.0 Å². The number of hydrogen-bond donors (Lipinski definition) is 2. The monoisotopic (exact) mass is 515 g/mol. The molecule has 0 aliphatic carbocycles. The van der Waals surface area contributed by atoms with Crippen LogP contribution in [0, 0.1) is 5.92 Å². The van der Waals surface area contributed by atoms with Crippen LogP contribution in [0.5, 0.6) is 0 Å². The standard InChI is InChI=1S/C29H33N5O4/c1-21(7-4-5-16-32-20-23(15-18-35)30-31-32)29(38)25-8-2-3-9-26(25)34(28(29)37)19-22-11-13-24(14-12-22)33-17-6-10-27(33)36/h2-4,7-9,11-14,20-21,35,38H,5-6,10,15-19H2,1H3/b7-4+/t21-,29+/m0/s1. The Morgan fingerprint density at radius 3 is 2.66 bits per heavy atom. The first-order valence-electron chi connectivity index (χ1n) is 13.1. The van der Waals surface area contributed by atoms with Gasteiger partial charge in [0.25, 0.3) is 5.91 Å².